The van der Waals surface area contributed by atoms with Gasteiger partial charge in [-0.25, -0.2) is 14.4 Å². The van der Waals surface area contributed by atoms with Crippen LogP contribution >= 0.6 is 38.5 Å². The summed E-state index contributed by atoms with van der Waals surface area (Å²) in [5.74, 6) is -8.86. The van der Waals surface area contributed by atoms with E-state index in [1.165, 1.54) is 6.07 Å². The van der Waals surface area contributed by atoms with E-state index >= 15 is 0 Å². The predicted octanol–water partition coefficient (Wildman–Crippen LogP) is 0.545. The number of halogens is 2. The molecule has 1 fully saturated rings. The minimum atomic E-state index is -1.55. The van der Waals surface area contributed by atoms with Gasteiger partial charge in [0.05, 0.1) is 26.2 Å². The Morgan fingerprint density at radius 2 is 0.987 bits per heavy atom. The minimum Gasteiger partial charge on any atom is -0.481 e. The van der Waals surface area contributed by atoms with Crippen molar-refractivity contribution < 1.29 is 83.4 Å². The first-order valence-corrected chi connectivity index (χ1v) is 27.3. The molecule has 3 rings (SSSR count). The first-order chi connectivity index (χ1) is 37.5. The molecule has 0 radical (unpaired) electrons. The van der Waals surface area contributed by atoms with Crippen LogP contribution in [-0.4, -0.2) is 237 Å². The summed E-state index contributed by atoms with van der Waals surface area (Å²) in [6, 6.07) is 7.95. The van der Waals surface area contributed by atoms with Gasteiger partial charge >= 0.3 is 41.8 Å². The maximum Gasteiger partial charge on any atom is 0.326 e. The number of nitrogens with zero attached hydrogens (tertiary/aromatic N) is 5. The Balaban J connectivity index is 1.49. The molecule has 2 atom stereocenters. The van der Waals surface area contributed by atoms with Crippen LogP contribution in [0.4, 0.5) is 4.79 Å². The molecule has 1 aliphatic rings. The molecule has 436 valence electrons. The molecule has 0 aromatic heterocycles. The second kappa shape index (κ2) is 35.9. The van der Waals surface area contributed by atoms with Gasteiger partial charge in [-0.2, -0.15) is 0 Å². The highest BCUT2D eigenvalue weighted by molar-refractivity contribution is 14.1. The van der Waals surface area contributed by atoms with Gasteiger partial charge in [0.15, 0.2) is 0 Å². The lowest BCUT2D eigenvalue weighted by Gasteiger charge is -2.32. The number of aliphatic carboxylic acids is 6. The van der Waals surface area contributed by atoms with Crippen LogP contribution in [0.25, 0.3) is 0 Å². The third-order valence-electron chi connectivity index (χ3n) is 12.3. The van der Waals surface area contributed by atoms with Crippen molar-refractivity contribution in [3.63, 3.8) is 0 Å². The zero-order valence-corrected chi connectivity index (χ0v) is 47.3. The number of unbranched alkanes of at least 4 members (excludes halogenated alkanes) is 2. The molecule has 0 aliphatic carbocycles. The van der Waals surface area contributed by atoms with E-state index in [0.717, 1.165) is 10.0 Å². The topological polar surface area (TPSA) is 386 Å². The molecule has 2 unspecified atom stereocenters. The Morgan fingerprint density at radius 3 is 1.46 bits per heavy atom. The number of hydrogen-bond donors (Lipinski definition) is 11. The molecule has 79 heavy (non-hydrogen) atoms. The lowest BCUT2D eigenvalue weighted by atomic mass is 10.1. The molecule has 1 aliphatic heterocycles. The highest BCUT2D eigenvalue weighted by Crippen LogP contribution is 2.16. The summed E-state index contributed by atoms with van der Waals surface area (Å²) >= 11 is 5.38. The molecule has 0 bridgehead atoms. The second-order valence-corrected chi connectivity index (χ2v) is 20.8. The number of nitrogens with one attached hydrogen (secondary N) is 5. The van der Waals surface area contributed by atoms with Gasteiger partial charge in [-0.05, 0) is 97.0 Å². The largest absolute Gasteiger partial charge is 0.481 e. The average molecular weight is 1290 g/mol. The van der Waals surface area contributed by atoms with E-state index < -0.39 is 84.5 Å². The average Bonchev–Trinajstić information content (AvgIpc) is 3.38. The van der Waals surface area contributed by atoms with E-state index in [2.05, 4.69) is 42.5 Å². The van der Waals surface area contributed by atoms with Crippen molar-refractivity contribution >= 4 is 104 Å². The van der Waals surface area contributed by atoms with E-state index in [4.69, 9.17) is 5.11 Å². The number of amides is 6. The van der Waals surface area contributed by atoms with E-state index in [1.807, 2.05) is 46.9 Å². The molecule has 29 heteroatoms. The van der Waals surface area contributed by atoms with E-state index in [1.54, 1.807) is 36.6 Å². The van der Waals surface area contributed by atoms with Crippen LogP contribution in [0.5, 0.6) is 0 Å². The van der Waals surface area contributed by atoms with Crippen molar-refractivity contribution in [2.24, 2.45) is 0 Å². The third-order valence-corrected chi connectivity index (χ3v) is 13.4. The van der Waals surface area contributed by atoms with Gasteiger partial charge in [-0.1, -0.05) is 28.1 Å². The molecular weight excluding hydrogens is 1220 g/mol. The first-order valence-electron chi connectivity index (χ1n) is 25.4. The third kappa shape index (κ3) is 28.3. The van der Waals surface area contributed by atoms with Crippen molar-refractivity contribution in [1.82, 2.24) is 51.1 Å². The Morgan fingerprint density at radius 1 is 0.532 bits per heavy atom. The summed E-state index contributed by atoms with van der Waals surface area (Å²) in [5.41, 5.74) is 1.25. The molecule has 2 aromatic carbocycles. The van der Waals surface area contributed by atoms with Gasteiger partial charge < -0.3 is 62.1 Å². The summed E-state index contributed by atoms with van der Waals surface area (Å²) in [6.07, 6.45) is 0.590. The van der Waals surface area contributed by atoms with Crippen LogP contribution in [-0.2, 0) is 44.9 Å². The van der Waals surface area contributed by atoms with Crippen LogP contribution in [0.1, 0.15) is 77.6 Å². The molecule has 11 N–H and O–H groups in total. The summed E-state index contributed by atoms with van der Waals surface area (Å²) < 4.78 is 1.44. The molecule has 1 saturated heterocycles. The highest BCUT2D eigenvalue weighted by atomic mass is 127. The molecule has 0 saturated carbocycles. The summed E-state index contributed by atoms with van der Waals surface area (Å²) in [4.78, 5) is 143. The standard InChI is InChI=1S/C50H70BrIN10O17/c51-36-9-7-33(8-10-36)28-62(16-4-2-5-38(48(75)76)56-50(79)57-39(49(77)78)11-12-42(65)66)41(64)6-1-3-13-54-46(73)34-25-35(27-37(52)26-34)47(74)55-15-14-53-40(63)29-58-17-19-59(30-43(67)68)21-23-61(32-45(71)72)24-22-60(20-18-58)31-44(69)70/h7-10,25-27,38-39H,1-6,11-24,28-32H2,(H,53,63)(H,54,73)(H,55,74)(H,65,66)(H,67,68)(H,69,70)(H,71,72)(H,75,76)(H,77,78)(H2,56,57,79). The molecule has 27 nitrogen and oxygen atoms in total. The fourth-order valence-corrected chi connectivity index (χ4v) is 9.07. The van der Waals surface area contributed by atoms with Crippen molar-refractivity contribution in [3.05, 3.63) is 67.2 Å². The number of carbonyl (C=O) groups excluding carboxylic acids is 5. The van der Waals surface area contributed by atoms with Gasteiger partial charge in [-0.3, -0.25) is 58.0 Å². The first kappa shape index (κ1) is 66.7. The van der Waals surface area contributed by atoms with E-state index in [9.17, 15) is 78.3 Å². The summed E-state index contributed by atoms with van der Waals surface area (Å²) in [6.45, 7) is 1.68. The van der Waals surface area contributed by atoms with E-state index in [-0.39, 0.29) is 148 Å². The quantitative estimate of drug-likeness (QED) is 0.0352. The lowest BCUT2D eigenvalue weighted by molar-refractivity contribution is -0.141. The van der Waals surface area contributed by atoms with Gasteiger partial charge in [0.25, 0.3) is 11.8 Å². The molecule has 6 amide bonds. The van der Waals surface area contributed by atoms with Crippen LogP contribution in [0.15, 0.2) is 46.9 Å². The number of hydrogen-bond acceptors (Lipinski definition) is 15. The maximum absolute atomic E-state index is 13.6. The monoisotopic (exact) mass is 1290 g/mol. The molecule has 1 heterocycles. The summed E-state index contributed by atoms with van der Waals surface area (Å²) in [5, 5.41) is 68.9. The van der Waals surface area contributed by atoms with Crippen molar-refractivity contribution in [2.75, 3.05) is 105 Å². The zero-order chi connectivity index (χ0) is 58.4. The van der Waals surface area contributed by atoms with Gasteiger partial charge in [0.2, 0.25) is 11.8 Å². The van der Waals surface area contributed by atoms with Crippen LogP contribution < -0.4 is 26.6 Å². The Hall–Kier alpha value is -6.54. The number of carbonyl (C=O) groups is 11. The number of carboxylic acid groups (broad SMARTS) is 6. The summed E-state index contributed by atoms with van der Waals surface area (Å²) in [7, 11) is 0. The zero-order valence-electron chi connectivity index (χ0n) is 43.5. The molecule has 2 aromatic rings. The number of urea groups is 1. The SMILES string of the molecule is O=C(O)CCC(NC(=O)NC(CCCCN(Cc1ccc(Br)cc1)C(=O)CCCCNC(=O)c1cc(I)cc(C(=O)NCCNC(=O)CN2CCN(CC(=O)O)CCN(CC(=O)O)CCN(CC(=O)O)CC2)c1)C(=O)O)C(=O)O. The van der Waals surface area contributed by atoms with Crippen LogP contribution in [0.3, 0.4) is 0 Å². The van der Waals surface area contributed by atoms with Gasteiger partial charge in [0, 0.05) is 117 Å². The Labute approximate surface area is 478 Å². The highest BCUT2D eigenvalue weighted by Gasteiger charge is 2.26. The maximum atomic E-state index is 13.6. The Bertz CT molecular complexity index is 2390. The lowest BCUT2D eigenvalue weighted by Crippen LogP contribution is -2.51. The smallest absolute Gasteiger partial charge is 0.326 e. The fraction of sp³-hybridized carbons (Fsp3) is 0.540. The predicted molar refractivity (Wildman–Crippen MR) is 294 cm³/mol. The van der Waals surface area contributed by atoms with Crippen molar-refractivity contribution in [1.29, 1.82) is 0 Å². The molecule has 0 spiro atoms. The van der Waals surface area contributed by atoms with Crippen LogP contribution in [0.2, 0.25) is 0 Å². The molecular formula is C50H70BrIN10O17. The van der Waals surface area contributed by atoms with Crippen molar-refractivity contribution in [3.8, 4) is 0 Å². The van der Waals surface area contributed by atoms with Crippen LogP contribution in [0, 0.1) is 3.57 Å². The number of rotatable bonds is 32. The normalized spacial score (nSPS) is 14.7. The fourth-order valence-electron chi connectivity index (χ4n) is 8.13. The van der Waals surface area contributed by atoms with E-state index in [0.29, 0.717) is 22.8 Å². The van der Waals surface area contributed by atoms with Gasteiger partial charge in [-0.15, -0.1) is 0 Å². The van der Waals surface area contributed by atoms with Gasteiger partial charge in [0.1, 0.15) is 12.1 Å². The second-order valence-electron chi connectivity index (χ2n) is 18.6. The Kier molecular flexibility index (Phi) is 30.3. The number of benzene rings is 2. The minimum absolute atomic E-state index is 0.0308. The number of carboxylic acids is 6. The van der Waals surface area contributed by atoms with Crippen molar-refractivity contribution in [2.45, 2.75) is 70.0 Å².